The molecule has 2 heterocycles. The van der Waals surface area contributed by atoms with E-state index in [1.54, 1.807) is 6.07 Å². The third kappa shape index (κ3) is 1.65. The Morgan fingerprint density at radius 3 is 2.71 bits per heavy atom. The van der Waals surface area contributed by atoms with Gasteiger partial charge in [-0.3, -0.25) is 4.98 Å². The molecule has 6 heteroatoms. The van der Waals surface area contributed by atoms with Crippen LogP contribution in [0, 0.1) is 0 Å². The van der Waals surface area contributed by atoms with Gasteiger partial charge in [-0.2, -0.15) is 0 Å². The van der Waals surface area contributed by atoms with Gasteiger partial charge >= 0.3 is 0 Å². The van der Waals surface area contributed by atoms with Crippen molar-refractivity contribution in [1.29, 1.82) is 0 Å². The van der Waals surface area contributed by atoms with Gasteiger partial charge in [0.15, 0.2) is 0 Å². The zero-order valence-corrected chi connectivity index (χ0v) is 8.79. The van der Waals surface area contributed by atoms with Gasteiger partial charge in [-0.05, 0) is 12.1 Å². The topological polar surface area (TPSA) is 104 Å². The minimum atomic E-state index is 0.281. The molecule has 0 atom stereocenters. The van der Waals surface area contributed by atoms with E-state index in [2.05, 4.69) is 15.1 Å². The third-order valence-corrected chi connectivity index (χ3v) is 2.39. The summed E-state index contributed by atoms with van der Waals surface area (Å²) in [5, 5.41) is 3.84. The van der Waals surface area contributed by atoms with Gasteiger partial charge in [-0.15, -0.1) is 0 Å². The highest BCUT2D eigenvalue weighted by Crippen LogP contribution is 2.23. The summed E-state index contributed by atoms with van der Waals surface area (Å²) in [4.78, 5) is 8.36. The molecule has 0 fully saturated rings. The molecule has 84 valence electrons. The maximum atomic E-state index is 5.56. The highest BCUT2D eigenvalue weighted by atomic mass is 16.5. The van der Waals surface area contributed by atoms with Crippen molar-refractivity contribution in [2.45, 2.75) is 0 Å². The number of nitrogens with zero attached hydrogens (tertiary/aromatic N) is 3. The predicted octanol–water partition coefficient (Wildman–Crippen LogP) is 1.45. The molecule has 0 saturated carbocycles. The van der Waals surface area contributed by atoms with Crippen molar-refractivity contribution in [2.24, 2.45) is 0 Å². The van der Waals surface area contributed by atoms with E-state index in [0.717, 1.165) is 16.6 Å². The van der Waals surface area contributed by atoms with Crippen LogP contribution < -0.4 is 11.5 Å². The first-order valence-corrected chi connectivity index (χ1v) is 4.97. The van der Waals surface area contributed by atoms with E-state index >= 15 is 0 Å². The number of anilines is 2. The predicted molar refractivity (Wildman–Crippen MR) is 63.9 cm³/mol. The maximum Gasteiger partial charge on any atom is 0.222 e. The summed E-state index contributed by atoms with van der Waals surface area (Å²) in [5.41, 5.74) is 14.1. The maximum absolute atomic E-state index is 5.56. The van der Waals surface area contributed by atoms with Gasteiger partial charge in [-0.1, -0.05) is 11.2 Å². The molecular weight excluding hydrogens is 218 g/mol. The van der Waals surface area contributed by atoms with Crippen molar-refractivity contribution < 1.29 is 4.52 Å². The number of aromatic nitrogens is 3. The lowest BCUT2D eigenvalue weighted by Gasteiger charge is -2.00. The molecule has 4 N–H and O–H groups in total. The molecule has 6 nitrogen and oxygen atoms in total. The Labute approximate surface area is 96.3 Å². The van der Waals surface area contributed by atoms with Crippen LogP contribution in [0.3, 0.4) is 0 Å². The molecule has 0 saturated heterocycles. The Bertz CT molecular complexity index is 691. The number of hydrogen-bond acceptors (Lipinski definition) is 6. The summed E-state index contributed by atoms with van der Waals surface area (Å²) in [6, 6.07) is 7.22. The van der Waals surface area contributed by atoms with E-state index in [0.29, 0.717) is 11.5 Å². The highest BCUT2D eigenvalue weighted by Gasteiger charge is 2.06. The monoisotopic (exact) mass is 227 g/mol. The fraction of sp³-hybridized carbons (Fsp3) is 0. The summed E-state index contributed by atoms with van der Waals surface area (Å²) in [7, 11) is 0. The Morgan fingerprint density at radius 2 is 1.94 bits per heavy atom. The van der Waals surface area contributed by atoms with Crippen LogP contribution in [-0.2, 0) is 0 Å². The third-order valence-electron chi connectivity index (χ3n) is 2.39. The van der Waals surface area contributed by atoms with Crippen molar-refractivity contribution in [3.05, 3.63) is 30.5 Å². The van der Waals surface area contributed by atoms with Gasteiger partial charge < -0.3 is 16.0 Å². The molecule has 3 aromatic rings. The molecule has 0 bridgehead atoms. The van der Waals surface area contributed by atoms with Gasteiger partial charge in [0.2, 0.25) is 5.88 Å². The van der Waals surface area contributed by atoms with E-state index in [1.807, 2.05) is 18.2 Å². The molecule has 17 heavy (non-hydrogen) atoms. The summed E-state index contributed by atoms with van der Waals surface area (Å²) in [6.07, 6.45) is 1.52. The van der Waals surface area contributed by atoms with Crippen LogP contribution >= 0.6 is 0 Å². The van der Waals surface area contributed by atoms with Crippen LogP contribution in [-0.4, -0.2) is 15.1 Å². The van der Waals surface area contributed by atoms with Crippen LogP contribution in [0.25, 0.3) is 22.3 Å². The molecule has 0 aliphatic heterocycles. The van der Waals surface area contributed by atoms with E-state index in [1.165, 1.54) is 6.20 Å². The normalized spacial score (nSPS) is 10.8. The molecule has 0 amide bonds. The van der Waals surface area contributed by atoms with Crippen LogP contribution in [0.2, 0.25) is 0 Å². The smallest absolute Gasteiger partial charge is 0.222 e. The first kappa shape index (κ1) is 9.59. The second-order valence-electron chi connectivity index (χ2n) is 3.61. The Hall–Kier alpha value is -2.63. The first-order valence-electron chi connectivity index (χ1n) is 4.97. The van der Waals surface area contributed by atoms with Crippen LogP contribution in [0.5, 0.6) is 0 Å². The van der Waals surface area contributed by atoms with Gasteiger partial charge in [0, 0.05) is 11.6 Å². The fourth-order valence-electron chi connectivity index (χ4n) is 1.61. The van der Waals surface area contributed by atoms with Gasteiger partial charge in [0.05, 0.1) is 17.2 Å². The van der Waals surface area contributed by atoms with Crippen molar-refractivity contribution in [1.82, 2.24) is 15.1 Å². The zero-order valence-electron chi connectivity index (χ0n) is 8.79. The lowest BCUT2D eigenvalue weighted by Crippen LogP contribution is -1.92. The summed E-state index contributed by atoms with van der Waals surface area (Å²) in [6.45, 7) is 0. The lowest BCUT2D eigenvalue weighted by molar-refractivity contribution is 0.439. The minimum absolute atomic E-state index is 0.281. The van der Waals surface area contributed by atoms with E-state index in [4.69, 9.17) is 16.0 Å². The SMILES string of the molecule is Nc1cnc2cc(-c3cc(N)on3)ccc2n1. The molecule has 1 aromatic carbocycles. The number of rotatable bonds is 1. The fourth-order valence-corrected chi connectivity index (χ4v) is 1.61. The molecule has 2 aromatic heterocycles. The molecule has 0 unspecified atom stereocenters. The lowest BCUT2D eigenvalue weighted by atomic mass is 10.1. The molecule has 0 spiro atoms. The zero-order chi connectivity index (χ0) is 11.8. The van der Waals surface area contributed by atoms with Gasteiger partial charge in [0.25, 0.3) is 0 Å². The average Bonchev–Trinajstić information content (AvgIpc) is 2.75. The number of hydrogen-bond donors (Lipinski definition) is 2. The van der Waals surface area contributed by atoms with Crippen molar-refractivity contribution >= 4 is 22.7 Å². The molecule has 0 aliphatic rings. The van der Waals surface area contributed by atoms with Crippen LogP contribution in [0.15, 0.2) is 35.0 Å². The van der Waals surface area contributed by atoms with E-state index in [-0.39, 0.29) is 5.88 Å². The second-order valence-corrected chi connectivity index (χ2v) is 3.61. The molecule has 3 rings (SSSR count). The standard InChI is InChI=1S/C11H9N5O/c12-10-5-14-9-3-6(1-2-7(9)15-10)8-4-11(13)17-16-8/h1-5H,13H2,(H2,12,15). The number of benzene rings is 1. The number of nitrogen functional groups attached to an aromatic ring is 2. The van der Waals surface area contributed by atoms with E-state index in [9.17, 15) is 0 Å². The minimum Gasteiger partial charge on any atom is -0.382 e. The number of fused-ring (bicyclic) bond motifs is 1. The largest absolute Gasteiger partial charge is 0.382 e. The van der Waals surface area contributed by atoms with Crippen molar-refractivity contribution in [3.63, 3.8) is 0 Å². The van der Waals surface area contributed by atoms with Crippen LogP contribution in [0.4, 0.5) is 11.7 Å². The Balaban J connectivity index is 2.16. The Morgan fingerprint density at radius 1 is 1.06 bits per heavy atom. The molecule has 0 radical (unpaired) electrons. The average molecular weight is 227 g/mol. The van der Waals surface area contributed by atoms with Crippen LogP contribution in [0.1, 0.15) is 0 Å². The summed E-state index contributed by atoms with van der Waals surface area (Å²) >= 11 is 0. The molecule has 0 aliphatic carbocycles. The van der Waals surface area contributed by atoms with Crippen molar-refractivity contribution in [2.75, 3.05) is 11.5 Å². The van der Waals surface area contributed by atoms with E-state index < -0.39 is 0 Å². The van der Waals surface area contributed by atoms with Gasteiger partial charge in [0.1, 0.15) is 11.5 Å². The summed E-state index contributed by atoms with van der Waals surface area (Å²) in [5.74, 6) is 0.680. The second kappa shape index (κ2) is 3.44. The highest BCUT2D eigenvalue weighted by molar-refractivity contribution is 5.81. The summed E-state index contributed by atoms with van der Waals surface area (Å²) < 4.78 is 4.82. The Kier molecular flexibility index (Phi) is 1.94. The first-order chi connectivity index (χ1) is 8.22. The quantitative estimate of drug-likeness (QED) is 0.652. The van der Waals surface area contributed by atoms with Crippen molar-refractivity contribution in [3.8, 4) is 11.3 Å². The number of nitrogens with two attached hydrogens (primary N) is 2. The van der Waals surface area contributed by atoms with Gasteiger partial charge in [-0.25, -0.2) is 4.98 Å². The molecular formula is C11H9N5O.